The van der Waals surface area contributed by atoms with Crippen molar-refractivity contribution in [3.63, 3.8) is 0 Å². The normalized spacial score (nSPS) is 23.2. The lowest BCUT2D eigenvalue weighted by Crippen LogP contribution is -2.69. The van der Waals surface area contributed by atoms with Gasteiger partial charge in [-0.3, -0.25) is 9.59 Å². The Kier molecular flexibility index (Phi) is 6.42. The molecule has 2 aromatic carbocycles. The van der Waals surface area contributed by atoms with Gasteiger partial charge in [-0.25, -0.2) is 0 Å². The van der Waals surface area contributed by atoms with Crippen LogP contribution in [0, 0.1) is 0 Å². The minimum Gasteiger partial charge on any atom is -0.497 e. The molecule has 1 aliphatic carbocycles. The summed E-state index contributed by atoms with van der Waals surface area (Å²) < 4.78 is 10.4. The quantitative estimate of drug-likeness (QED) is 0.668. The number of amides is 2. The van der Waals surface area contributed by atoms with Crippen LogP contribution in [0.3, 0.4) is 0 Å². The summed E-state index contributed by atoms with van der Waals surface area (Å²) in [6, 6.07) is 15.6. The number of ether oxygens (including phenoxy) is 2. The minimum absolute atomic E-state index is 0.0191. The van der Waals surface area contributed by atoms with Gasteiger partial charge in [0.1, 0.15) is 11.5 Å². The molecule has 2 N–H and O–H groups in total. The summed E-state index contributed by atoms with van der Waals surface area (Å²) >= 11 is 0. The van der Waals surface area contributed by atoms with Crippen molar-refractivity contribution in [2.24, 2.45) is 0 Å². The molecule has 7 nitrogen and oxygen atoms in total. The summed E-state index contributed by atoms with van der Waals surface area (Å²) in [6.07, 6.45) is 2.85. The second kappa shape index (κ2) is 9.39. The molecule has 3 atom stereocenters. The van der Waals surface area contributed by atoms with Gasteiger partial charge in [-0.2, -0.15) is 0 Å². The second-order valence-corrected chi connectivity index (χ2v) is 8.11. The smallest absolute Gasteiger partial charge is 0.312 e. The molecule has 2 amide bonds. The average Bonchev–Trinajstić information content (AvgIpc) is 2.81. The molecule has 7 heteroatoms. The summed E-state index contributed by atoms with van der Waals surface area (Å²) in [4.78, 5) is 26.9. The maximum absolute atomic E-state index is 12.7. The number of carbonyl (C=O) groups is 2. The summed E-state index contributed by atoms with van der Waals surface area (Å²) in [5, 5.41) is 6.57. The second-order valence-electron chi connectivity index (χ2n) is 8.11. The van der Waals surface area contributed by atoms with E-state index in [1.807, 2.05) is 48.5 Å². The van der Waals surface area contributed by atoms with E-state index in [4.69, 9.17) is 9.47 Å². The van der Waals surface area contributed by atoms with Gasteiger partial charge < -0.3 is 25.0 Å². The molecule has 1 saturated heterocycles. The molecule has 0 spiro atoms. The lowest BCUT2D eigenvalue weighted by atomic mass is 9.83. The molecule has 4 rings (SSSR count). The third kappa shape index (κ3) is 4.66. The third-order valence-corrected chi connectivity index (χ3v) is 6.26. The zero-order chi connectivity index (χ0) is 21.8. The van der Waals surface area contributed by atoms with Gasteiger partial charge in [0.15, 0.2) is 0 Å². The van der Waals surface area contributed by atoms with E-state index in [1.54, 1.807) is 19.1 Å². The van der Waals surface area contributed by atoms with Crippen LogP contribution in [0.15, 0.2) is 48.5 Å². The van der Waals surface area contributed by atoms with E-state index in [1.165, 1.54) is 0 Å². The third-order valence-electron chi connectivity index (χ3n) is 6.26. The molecule has 0 radical (unpaired) electrons. The number of benzene rings is 2. The fraction of sp³-hybridized carbons (Fsp3) is 0.417. The first-order valence-electron chi connectivity index (χ1n) is 10.7. The Morgan fingerprint density at radius 2 is 1.55 bits per heavy atom. The van der Waals surface area contributed by atoms with Gasteiger partial charge in [0, 0.05) is 19.1 Å². The van der Waals surface area contributed by atoms with Crippen molar-refractivity contribution in [1.29, 1.82) is 0 Å². The molecule has 0 bridgehead atoms. The maximum Gasteiger partial charge on any atom is 0.312 e. The molecule has 1 aliphatic heterocycles. The van der Waals surface area contributed by atoms with Crippen molar-refractivity contribution in [1.82, 2.24) is 15.5 Å². The summed E-state index contributed by atoms with van der Waals surface area (Å²) in [7, 11) is 3.28. The topological polar surface area (TPSA) is 79.9 Å². The van der Waals surface area contributed by atoms with Crippen LogP contribution in [0.5, 0.6) is 11.5 Å². The number of rotatable bonds is 7. The van der Waals surface area contributed by atoms with Crippen molar-refractivity contribution in [3.05, 3.63) is 59.7 Å². The van der Waals surface area contributed by atoms with Crippen LogP contribution < -0.4 is 20.1 Å². The molecule has 2 aliphatic rings. The number of piperazine rings is 1. The minimum atomic E-state index is -0.520. The largest absolute Gasteiger partial charge is 0.497 e. The summed E-state index contributed by atoms with van der Waals surface area (Å²) in [6.45, 7) is 1.11. The maximum atomic E-state index is 12.7. The van der Waals surface area contributed by atoms with Crippen molar-refractivity contribution in [2.45, 2.75) is 50.5 Å². The van der Waals surface area contributed by atoms with Crippen molar-refractivity contribution in [3.8, 4) is 11.5 Å². The number of hydrogen-bond donors (Lipinski definition) is 2. The lowest BCUT2D eigenvalue weighted by molar-refractivity contribution is -0.154. The van der Waals surface area contributed by atoms with Crippen molar-refractivity contribution >= 4 is 11.8 Å². The van der Waals surface area contributed by atoms with Gasteiger partial charge in [0.2, 0.25) is 0 Å². The number of methoxy groups -OCH3 is 2. The SMILES string of the molecule is COc1ccc(CN[C@H]2CCC[C@@H]3[C@@H]2NC(=O)C(=O)N3Cc2ccc(OC)cc2)cc1. The molecule has 2 aromatic rings. The van der Waals surface area contributed by atoms with Gasteiger partial charge in [-0.05, 0) is 54.7 Å². The summed E-state index contributed by atoms with van der Waals surface area (Å²) in [5.74, 6) is 0.624. The molecule has 1 heterocycles. The monoisotopic (exact) mass is 423 g/mol. The van der Waals surface area contributed by atoms with E-state index >= 15 is 0 Å². The zero-order valence-electron chi connectivity index (χ0n) is 18.0. The van der Waals surface area contributed by atoms with Crippen LogP contribution in [0.1, 0.15) is 30.4 Å². The predicted octanol–water partition coefficient (Wildman–Crippen LogP) is 2.24. The number of hydrogen-bond acceptors (Lipinski definition) is 5. The predicted molar refractivity (Wildman–Crippen MR) is 117 cm³/mol. The van der Waals surface area contributed by atoms with Gasteiger partial charge in [-0.15, -0.1) is 0 Å². The molecule has 164 valence electrons. The highest BCUT2D eigenvalue weighted by molar-refractivity contribution is 6.35. The molecule has 0 aromatic heterocycles. The van der Waals surface area contributed by atoms with Crippen LogP contribution in [-0.2, 0) is 22.7 Å². The highest BCUT2D eigenvalue weighted by atomic mass is 16.5. The van der Waals surface area contributed by atoms with E-state index in [2.05, 4.69) is 10.6 Å². The Morgan fingerprint density at radius 1 is 0.935 bits per heavy atom. The van der Waals surface area contributed by atoms with Gasteiger partial charge in [0.05, 0.1) is 26.3 Å². The van der Waals surface area contributed by atoms with Crippen LogP contribution >= 0.6 is 0 Å². The highest BCUT2D eigenvalue weighted by Crippen LogP contribution is 2.29. The number of carbonyl (C=O) groups excluding carboxylic acids is 2. The molecule has 1 saturated carbocycles. The Hall–Kier alpha value is -3.06. The molecular formula is C24H29N3O4. The fourth-order valence-corrected chi connectivity index (χ4v) is 4.55. The van der Waals surface area contributed by atoms with E-state index < -0.39 is 11.8 Å². The standard InChI is InChI=1S/C24H29N3O4/c1-30-18-10-6-16(7-11-18)14-25-20-4-3-5-21-22(20)26-23(28)24(29)27(21)15-17-8-12-19(31-2)13-9-17/h6-13,20-22,25H,3-5,14-15H2,1-2H3,(H,26,28)/t20-,21+,22+/m0/s1. The fourth-order valence-electron chi connectivity index (χ4n) is 4.55. The van der Waals surface area contributed by atoms with E-state index in [0.717, 1.165) is 41.9 Å². The highest BCUT2D eigenvalue weighted by Gasteiger charge is 2.45. The Bertz CT molecular complexity index is 913. The van der Waals surface area contributed by atoms with E-state index in [-0.39, 0.29) is 18.1 Å². The number of fused-ring (bicyclic) bond motifs is 1. The van der Waals surface area contributed by atoms with Crippen LogP contribution in [0.4, 0.5) is 0 Å². The Labute approximate surface area is 182 Å². The van der Waals surface area contributed by atoms with Crippen LogP contribution in [0.25, 0.3) is 0 Å². The Balaban J connectivity index is 1.46. The molecular weight excluding hydrogens is 394 g/mol. The first-order valence-corrected chi connectivity index (χ1v) is 10.7. The van der Waals surface area contributed by atoms with Crippen molar-refractivity contribution < 1.29 is 19.1 Å². The molecule has 31 heavy (non-hydrogen) atoms. The van der Waals surface area contributed by atoms with Gasteiger partial charge >= 0.3 is 11.8 Å². The van der Waals surface area contributed by atoms with Gasteiger partial charge in [0.25, 0.3) is 0 Å². The van der Waals surface area contributed by atoms with Crippen LogP contribution in [0.2, 0.25) is 0 Å². The zero-order valence-corrected chi connectivity index (χ0v) is 18.0. The molecule has 2 fully saturated rings. The lowest BCUT2D eigenvalue weighted by Gasteiger charge is -2.47. The van der Waals surface area contributed by atoms with Crippen molar-refractivity contribution in [2.75, 3.05) is 14.2 Å². The first-order chi connectivity index (χ1) is 15.1. The van der Waals surface area contributed by atoms with Crippen LogP contribution in [-0.4, -0.2) is 49.1 Å². The number of nitrogens with zero attached hydrogens (tertiary/aromatic N) is 1. The van der Waals surface area contributed by atoms with E-state index in [9.17, 15) is 9.59 Å². The number of nitrogens with one attached hydrogen (secondary N) is 2. The van der Waals surface area contributed by atoms with Gasteiger partial charge in [-0.1, -0.05) is 24.3 Å². The van der Waals surface area contributed by atoms with E-state index in [0.29, 0.717) is 13.1 Å². The molecule has 0 unspecified atom stereocenters. The summed E-state index contributed by atoms with van der Waals surface area (Å²) in [5.41, 5.74) is 2.13. The Morgan fingerprint density at radius 3 is 2.16 bits per heavy atom. The average molecular weight is 424 g/mol. The first kappa shape index (κ1) is 21.2.